The second-order valence-corrected chi connectivity index (χ2v) is 10.9. The highest BCUT2D eigenvalue weighted by molar-refractivity contribution is 6.32. The van der Waals surface area contributed by atoms with Crippen LogP contribution in [0.3, 0.4) is 0 Å². The number of aryl methyl sites for hydroxylation is 1. The molecule has 36 heavy (non-hydrogen) atoms. The highest BCUT2D eigenvalue weighted by Crippen LogP contribution is 2.45. The molecule has 0 bridgehead atoms. The van der Waals surface area contributed by atoms with E-state index in [4.69, 9.17) is 21.7 Å². The number of aromatic nitrogens is 1. The summed E-state index contributed by atoms with van der Waals surface area (Å²) in [4.78, 5) is 19.7. The maximum absolute atomic E-state index is 13.1. The molecule has 0 radical (unpaired) electrons. The molecular weight excluding hydrogens is 474 g/mol. The van der Waals surface area contributed by atoms with Gasteiger partial charge in [0.1, 0.15) is 11.8 Å². The van der Waals surface area contributed by atoms with Gasteiger partial charge in [-0.2, -0.15) is 10.4 Å². The van der Waals surface area contributed by atoms with Crippen LogP contribution in [0.1, 0.15) is 72.3 Å². The van der Waals surface area contributed by atoms with Crippen LogP contribution in [-0.4, -0.2) is 51.8 Å². The van der Waals surface area contributed by atoms with Crippen molar-refractivity contribution < 1.29 is 9.90 Å². The Balaban J connectivity index is 1.33. The van der Waals surface area contributed by atoms with Gasteiger partial charge in [0.25, 0.3) is 5.91 Å². The maximum Gasteiger partial charge on any atom is 0.272 e. The quantitative estimate of drug-likeness (QED) is 0.663. The van der Waals surface area contributed by atoms with Gasteiger partial charge in [-0.25, -0.2) is 4.98 Å². The molecule has 1 N–H and O–H groups in total. The molecule has 2 atom stereocenters. The molecule has 2 aliphatic heterocycles. The number of hydrogen-bond acceptors (Lipinski definition) is 6. The summed E-state index contributed by atoms with van der Waals surface area (Å²) >= 11 is 6.41. The fourth-order valence-electron chi connectivity index (χ4n) is 6.51. The molecule has 2 fully saturated rings. The number of aliphatic hydroxyl groups is 1. The van der Waals surface area contributed by atoms with Crippen molar-refractivity contribution in [3.8, 4) is 6.07 Å². The summed E-state index contributed by atoms with van der Waals surface area (Å²) in [6.45, 7) is 1.14. The van der Waals surface area contributed by atoms with Crippen LogP contribution in [0.15, 0.2) is 35.4 Å². The number of hydrazone groups is 1. The van der Waals surface area contributed by atoms with Crippen LogP contribution < -0.4 is 5.01 Å². The first-order valence-electron chi connectivity index (χ1n) is 13.1. The normalized spacial score (nSPS) is 24.3. The minimum absolute atomic E-state index is 0.0575. The number of nitriles is 1. The van der Waals surface area contributed by atoms with Crippen molar-refractivity contribution in [1.82, 2.24) is 9.88 Å². The second kappa shape index (κ2) is 9.49. The third-order valence-electron chi connectivity index (χ3n) is 8.39. The smallest absolute Gasteiger partial charge is 0.272 e. The molecule has 8 heteroatoms. The Morgan fingerprint density at radius 2 is 1.86 bits per heavy atom. The van der Waals surface area contributed by atoms with Gasteiger partial charge in [-0.15, -0.1) is 0 Å². The van der Waals surface area contributed by atoms with E-state index < -0.39 is 0 Å². The van der Waals surface area contributed by atoms with Crippen molar-refractivity contribution in [3.05, 3.63) is 57.9 Å². The Hall–Kier alpha value is -2.95. The zero-order chi connectivity index (χ0) is 24.8. The van der Waals surface area contributed by atoms with E-state index in [2.05, 4.69) is 11.1 Å². The van der Waals surface area contributed by atoms with Crippen LogP contribution in [0.4, 0.5) is 5.69 Å². The molecule has 7 nitrogen and oxygen atoms in total. The Labute approximate surface area is 216 Å². The Morgan fingerprint density at radius 1 is 1.08 bits per heavy atom. The number of pyridine rings is 1. The summed E-state index contributed by atoms with van der Waals surface area (Å²) in [6, 6.07) is 11.9. The SMILES string of the molecule is N#Cc1ccc(N2N=C3c4ccc(C(=O)N5CCC(O)CC5)nc4CCC3C2C2CCCC2)cc1Cl. The number of fused-ring (bicyclic) bond motifs is 3. The van der Waals surface area contributed by atoms with Gasteiger partial charge in [0, 0.05) is 24.6 Å². The van der Waals surface area contributed by atoms with E-state index >= 15 is 0 Å². The monoisotopic (exact) mass is 503 g/mol. The number of nitrogens with zero attached hydrogens (tertiary/aromatic N) is 5. The highest BCUT2D eigenvalue weighted by atomic mass is 35.5. The van der Waals surface area contributed by atoms with E-state index in [1.165, 1.54) is 25.7 Å². The van der Waals surface area contributed by atoms with E-state index in [0.29, 0.717) is 54.0 Å². The molecule has 6 rings (SSSR count). The topological polar surface area (TPSA) is 92.8 Å². The van der Waals surface area contributed by atoms with Gasteiger partial charge in [-0.3, -0.25) is 9.80 Å². The van der Waals surface area contributed by atoms with E-state index in [9.17, 15) is 15.2 Å². The maximum atomic E-state index is 13.1. The number of anilines is 1. The van der Waals surface area contributed by atoms with Gasteiger partial charge in [-0.1, -0.05) is 24.4 Å². The van der Waals surface area contributed by atoms with Crippen molar-refractivity contribution in [2.24, 2.45) is 16.9 Å². The van der Waals surface area contributed by atoms with E-state index in [0.717, 1.165) is 35.5 Å². The average Bonchev–Trinajstić information content (AvgIpc) is 3.56. The lowest BCUT2D eigenvalue weighted by Crippen LogP contribution is -2.41. The molecule has 2 unspecified atom stereocenters. The van der Waals surface area contributed by atoms with Gasteiger partial charge < -0.3 is 10.0 Å². The number of piperidine rings is 1. The largest absolute Gasteiger partial charge is 0.393 e. The van der Waals surface area contributed by atoms with Crippen LogP contribution in [0.2, 0.25) is 5.02 Å². The molecule has 0 spiro atoms. The molecule has 1 aromatic carbocycles. The molecule has 186 valence electrons. The standard InChI is InChI=1S/C28H30ClN5O2/c29-23-15-19(6-5-18(23)16-30)34-27(17-3-1-2-4-17)22-8-9-24-21(26(22)32-34)7-10-25(31-24)28(36)33-13-11-20(35)12-14-33/h5-7,10,15,17,20,22,27,35H,1-4,8-9,11-14H2. The first kappa shape index (κ1) is 23.4. The zero-order valence-electron chi connectivity index (χ0n) is 20.2. The molecular formula is C28H30ClN5O2. The van der Waals surface area contributed by atoms with E-state index in [1.54, 1.807) is 11.0 Å². The average molecular weight is 504 g/mol. The number of aliphatic hydroxyl groups excluding tert-OH is 1. The second-order valence-electron chi connectivity index (χ2n) is 10.5. The lowest BCUT2D eigenvalue weighted by Gasteiger charge is -2.34. The predicted molar refractivity (Wildman–Crippen MR) is 138 cm³/mol. The van der Waals surface area contributed by atoms with Crippen LogP contribution in [0.25, 0.3) is 0 Å². The molecule has 1 aromatic heterocycles. The minimum Gasteiger partial charge on any atom is -0.393 e. The molecule has 2 aromatic rings. The Bertz CT molecular complexity index is 1260. The van der Waals surface area contributed by atoms with Gasteiger partial charge in [-0.05, 0) is 74.8 Å². The first-order valence-corrected chi connectivity index (χ1v) is 13.5. The predicted octanol–water partition coefficient (Wildman–Crippen LogP) is 4.55. The molecule has 1 saturated heterocycles. The van der Waals surface area contributed by atoms with Crippen molar-refractivity contribution in [1.29, 1.82) is 5.26 Å². The van der Waals surface area contributed by atoms with Crippen molar-refractivity contribution in [2.45, 2.75) is 63.5 Å². The molecule has 1 saturated carbocycles. The summed E-state index contributed by atoms with van der Waals surface area (Å²) < 4.78 is 0. The van der Waals surface area contributed by atoms with Gasteiger partial charge in [0.05, 0.1) is 39.8 Å². The number of hydrogen-bond donors (Lipinski definition) is 1. The molecule has 4 aliphatic rings. The number of halogens is 1. The first-order chi connectivity index (χ1) is 17.5. The minimum atomic E-state index is -0.315. The molecule has 2 aliphatic carbocycles. The Morgan fingerprint density at radius 3 is 2.58 bits per heavy atom. The van der Waals surface area contributed by atoms with Crippen LogP contribution in [-0.2, 0) is 6.42 Å². The fourth-order valence-corrected chi connectivity index (χ4v) is 6.73. The van der Waals surface area contributed by atoms with Gasteiger partial charge in [0.15, 0.2) is 0 Å². The third-order valence-corrected chi connectivity index (χ3v) is 8.71. The number of carbonyl (C=O) groups excluding carboxylic acids is 1. The number of carbonyl (C=O) groups is 1. The molecule has 3 heterocycles. The lowest BCUT2D eigenvalue weighted by molar-refractivity contribution is 0.0541. The Kier molecular flexibility index (Phi) is 6.18. The highest BCUT2D eigenvalue weighted by Gasteiger charge is 2.46. The number of benzene rings is 1. The van der Waals surface area contributed by atoms with Crippen LogP contribution in [0.5, 0.6) is 0 Å². The zero-order valence-corrected chi connectivity index (χ0v) is 21.0. The van der Waals surface area contributed by atoms with E-state index in [-0.39, 0.29) is 18.1 Å². The van der Waals surface area contributed by atoms with Crippen LogP contribution in [0, 0.1) is 23.2 Å². The fraction of sp³-hybridized carbons (Fsp3) is 0.500. The summed E-state index contributed by atoms with van der Waals surface area (Å²) in [6.07, 6.45) is 7.61. The third kappa shape index (κ3) is 4.07. The van der Waals surface area contributed by atoms with Crippen LogP contribution >= 0.6 is 11.6 Å². The van der Waals surface area contributed by atoms with Gasteiger partial charge >= 0.3 is 0 Å². The number of amides is 1. The summed E-state index contributed by atoms with van der Waals surface area (Å²) in [5, 5.41) is 26.9. The van der Waals surface area contributed by atoms with Crippen molar-refractivity contribution >= 4 is 28.9 Å². The summed E-state index contributed by atoms with van der Waals surface area (Å²) in [5.74, 6) is 0.815. The summed E-state index contributed by atoms with van der Waals surface area (Å²) in [5.41, 5.74) is 4.91. The van der Waals surface area contributed by atoms with Crippen molar-refractivity contribution in [3.63, 3.8) is 0 Å². The van der Waals surface area contributed by atoms with E-state index in [1.807, 2.05) is 24.3 Å². The number of rotatable bonds is 3. The lowest BCUT2D eigenvalue weighted by atomic mass is 9.76. The van der Waals surface area contributed by atoms with Crippen molar-refractivity contribution in [2.75, 3.05) is 18.1 Å². The summed E-state index contributed by atoms with van der Waals surface area (Å²) in [7, 11) is 0. The number of likely N-dealkylation sites (tertiary alicyclic amines) is 1. The van der Waals surface area contributed by atoms with Gasteiger partial charge in [0.2, 0.25) is 0 Å². The molecule has 1 amide bonds.